The van der Waals surface area contributed by atoms with Crippen molar-refractivity contribution in [1.29, 1.82) is 0 Å². The van der Waals surface area contributed by atoms with Gasteiger partial charge in [-0.2, -0.15) is 0 Å². The normalized spacial score (nSPS) is 10.4. The molecule has 2 rings (SSSR count). The number of halogens is 4. The first-order valence-corrected chi connectivity index (χ1v) is 5.74. The van der Waals surface area contributed by atoms with Crippen molar-refractivity contribution in [2.45, 2.75) is 0 Å². The second kappa shape index (κ2) is 4.94. The maximum atomic E-state index is 13.4. The predicted octanol–water partition coefficient (Wildman–Crippen LogP) is 4.10. The van der Waals surface area contributed by atoms with Gasteiger partial charge in [-0.15, -0.1) is 0 Å². The third kappa shape index (κ3) is 2.31. The molecule has 0 aromatic heterocycles. The molecule has 0 unspecified atom stereocenters. The number of hydrogen-bond donors (Lipinski definition) is 0. The van der Waals surface area contributed by atoms with Crippen molar-refractivity contribution in [3.05, 3.63) is 69.4 Å². The minimum atomic E-state index is -0.944. The van der Waals surface area contributed by atoms with Crippen LogP contribution < -0.4 is 0 Å². The van der Waals surface area contributed by atoms with Crippen LogP contribution in [0.25, 0.3) is 0 Å². The van der Waals surface area contributed by atoms with Gasteiger partial charge >= 0.3 is 0 Å². The van der Waals surface area contributed by atoms with Crippen LogP contribution in [0.2, 0.25) is 0 Å². The fraction of sp³-hybridized carbons (Fsp3) is 0. The minimum absolute atomic E-state index is 0.00674. The second-order valence-corrected chi connectivity index (χ2v) is 4.41. The number of ketones is 1. The zero-order valence-electron chi connectivity index (χ0n) is 8.88. The highest BCUT2D eigenvalue weighted by Gasteiger charge is 2.19. The number of carbonyl (C=O) groups excluding carboxylic acids is 1. The molecule has 92 valence electrons. The molecule has 0 saturated carbocycles. The molecule has 2 aromatic rings. The number of benzene rings is 2. The lowest BCUT2D eigenvalue weighted by molar-refractivity contribution is 0.103. The summed E-state index contributed by atoms with van der Waals surface area (Å²) in [6.45, 7) is 0. The van der Waals surface area contributed by atoms with Gasteiger partial charge in [0.2, 0.25) is 0 Å². The average Bonchev–Trinajstić information content (AvgIpc) is 2.32. The van der Waals surface area contributed by atoms with Crippen molar-refractivity contribution in [3.63, 3.8) is 0 Å². The fourth-order valence-electron chi connectivity index (χ4n) is 1.50. The van der Waals surface area contributed by atoms with Gasteiger partial charge in [0, 0.05) is 5.56 Å². The SMILES string of the molecule is O=C(c1ccc(F)c(Br)c1)c1c(F)cccc1F. The van der Waals surface area contributed by atoms with E-state index in [1.807, 2.05) is 0 Å². The molecule has 2 aromatic carbocycles. The summed E-state index contributed by atoms with van der Waals surface area (Å²) in [5, 5.41) is 0. The molecule has 0 aliphatic rings. The van der Waals surface area contributed by atoms with Gasteiger partial charge < -0.3 is 0 Å². The molecule has 0 radical (unpaired) electrons. The Kier molecular flexibility index (Phi) is 3.52. The third-order valence-corrected chi connectivity index (χ3v) is 2.98. The molecule has 0 N–H and O–H groups in total. The summed E-state index contributed by atoms with van der Waals surface area (Å²) in [7, 11) is 0. The highest BCUT2D eigenvalue weighted by Crippen LogP contribution is 2.21. The van der Waals surface area contributed by atoms with E-state index in [2.05, 4.69) is 15.9 Å². The maximum absolute atomic E-state index is 13.4. The summed E-state index contributed by atoms with van der Waals surface area (Å²) in [5.41, 5.74) is -0.636. The minimum Gasteiger partial charge on any atom is -0.288 e. The molecule has 0 fully saturated rings. The highest BCUT2D eigenvalue weighted by molar-refractivity contribution is 9.10. The molecule has 5 heteroatoms. The number of rotatable bonds is 2. The van der Waals surface area contributed by atoms with E-state index in [9.17, 15) is 18.0 Å². The molecule has 18 heavy (non-hydrogen) atoms. The van der Waals surface area contributed by atoms with Crippen LogP contribution in [0.15, 0.2) is 40.9 Å². The van der Waals surface area contributed by atoms with E-state index >= 15 is 0 Å². The van der Waals surface area contributed by atoms with Crippen LogP contribution in [0.1, 0.15) is 15.9 Å². The Labute approximate surface area is 109 Å². The summed E-state index contributed by atoms with van der Waals surface area (Å²) < 4.78 is 39.9. The predicted molar refractivity (Wildman–Crippen MR) is 63.9 cm³/mol. The summed E-state index contributed by atoms with van der Waals surface area (Å²) in [4.78, 5) is 11.9. The Balaban J connectivity index is 2.51. The topological polar surface area (TPSA) is 17.1 Å². The average molecular weight is 315 g/mol. The van der Waals surface area contributed by atoms with Crippen LogP contribution in [0, 0.1) is 17.5 Å². The van der Waals surface area contributed by atoms with Crippen molar-refractivity contribution in [2.75, 3.05) is 0 Å². The molecule has 0 heterocycles. The van der Waals surface area contributed by atoms with E-state index < -0.39 is 28.8 Å². The lowest BCUT2D eigenvalue weighted by Gasteiger charge is -2.05. The number of hydrogen-bond acceptors (Lipinski definition) is 1. The van der Waals surface area contributed by atoms with Crippen LogP contribution in [0.5, 0.6) is 0 Å². The van der Waals surface area contributed by atoms with Gasteiger partial charge in [0.1, 0.15) is 17.5 Å². The Morgan fingerprint density at radius 2 is 1.56 bits per heavy atom. The molecule has 0 aliphatic heterocycles. The molecular formula is C13H6BrF3O. The van der Waals surface area contributed by atoms with Crippen molar-refractivity contribution in [2.24, 2.45) is 0 Å². The van der Waals surface area contributed by atoms with Gasteiger partial charge in [-0.3, -0.25) is 4.79 Å². The Bertz CT molecular complexity index is 605. The maximum Gasteiger partial charge on any atom is 0.198 e. The highest BCUT2D eigenvalue weighted by atomic mass is 79.9. The largest absolute Gasteiger partial charge is 0.288 e. The van der Waals surface area contributed by atoms with Crippen LogP contribution in [0.3, 0.4) is 0 Å². The quantitative estimate of drug-likeness (QED) is 0.763. The summed E-state index contributed by atoms with van der Waals surface area (Å²) in [6.07, 6.45) is 0. The van der Waals surface area contributed by atoms with Gasteiger partial charge in [0.25, 0.3) is 0 Å². The first-order valence-electron chi connectivity index (χ1n) is 4.94. The summed E-state index contributed by atoms with van der Waals surface area (Å²) >= 11 is 2.91. The Morgan fingerprint density at radius 1 is 0.944 bits per heavy atom. The van der Waals surface area contributed by atoms with E-state index in [1.54, 1.807) is 0 Å². The zero-order valence-corrected chi connectivity index (χ0v) is 10.5. The Hall–Kier alpha value is -1.62. The van der Waals surface area contributed by atoms with E-state index in [-0.39, 0.29) is 10.0 Å². The lowest BCUT2D eigenvalue weighted by Crippen LogP contribution is -2.07. The van der Waals surface area contributed by atoms with Crippen LogP contribution in [0.4, 0.5) is 13.2 Å². The van der Waals surface area contributed by atoms with Crippen LogP contribution in [-0.2, 0) is 0 Å². The molecule has 0 saturated heterocycles. The van der Waals surface area contributed by atoms with Crippen molar-refractivity contribution >= 4 is 21.7 Å². The first kappa shape index (κ1) is 12.8. The molecule has 0 aliphatic carbocycles. The fourth-order valence-corrected chi connectivity index (χ4v) is 1.88. The van der Waals surface area contributed by atoms with Gasteiger partial charge in [-0.1, -0.05) is 6.07 Å². The second-order valence-electron chi connectivity index (χ2n) is 3.55. The van der Waals surface area contributed by atoms with E-state index in [0.29, 0.717) is 0 Å². The first-order chi connectivity index (χ1) is 8.50. The smallest absolute Gasteiger partial charge is 0.198 e. The van der Waals surface area contributed by atoms with Gasteiger partial charge in [0.05, 0.1) is 10.0 Å². The molecule has 0 bridgehead atoms. The van der Waals surface area contributed by atoms with Crippen LogP contribution in [-0.4, -0.2) is 5.78 Å². The number of carbonyl (C=O) groups is 1. The van der Waals surface area contributed by atoms with E-state index in [4.69, 9.17) is 0 Å². The Morgan fingerprint density at radius 3 is 2.11 bits per heavy atom. The summed E-state index contributed by atoms with van der Waals surface area (Å²) in [5.74, 6) is -3.27. The van der Waals surface area contributed by atoms with Crippen LogP contribution >= 0.6 is 15.9 Å². The molecule has 0 spiro atoms. The van der Waals surface area contributed by atoms with Crippen molar-refractivity contribution < 1.29 is 18.0 Å². The van der Waals surface area contributed by atoms with E-state index in [0.717, 1.165) is 18.2 Å². The van der Waals surface area contributed by atoms with E-state index in [1.165, 1.54) is 18.2 Å². The van der Waals surface area contributed by atoms with Crippen molar-refractivity contribution in [3.8, 4) is 0 Å². The van der Waals surface area contributed by atoms with Gasteiger partial charge in [-0.05, 0) is 46.3 Å². The summed E-state index contributed by atoms with van der Waals surface area (Å²) in [6, 6.07) is 6.57. The zero-order chi connectivity index (χ0) is 13.3. The molecular weight excluding hydrogens is 309 g/mol. The van der Waals surface area contributed by atoms with Gasteiger partial charge in [0.15, 0.2) is 5.78 Å². The third-order valence-electron chi connectivity index (χ3n) is 2.37. The molecule has 1 nitrogen and oxygen atoms in total. The standard InChI is InChI=1S/C13H6BrF3O/c14-8-6-7(4-5-9(8)15)13(18)12-10(16)2-1-3-11(12)17/h1-6H. The van der Waals surface area contributed by atoms with Crippen molar-refractivity contribution in [1.82, 2.24) is 0 Å². The molecule has 0 amide bonds. The molecule has 0 atom stereocenters. The lowest BCUT2D eigenvalue weighted by atomic mass is 10.0. The monoisotopic (exact) mass is 314 g/mol. The van der Waals surface area contributed by atoms with Gasteiger partial charge in [-0.25, -0.2) is 13.2 Å².